The molecule has 0 aromatic heterocycles. The van der Waals surface area contributed by atoms with Crippen LogP contribution in [-0.4, -0.2) is 67.2 Å². The van der Waals surface area contributed by atoms with E-state index in [1.807, 2.05) is 18.7 Å². The molecule has 1 unspecified atom stereocenters. The molecule has 0 bridgehead atoms. The lowest BCUT2D eigenvalue weighted by Crippen LogP contribution is -2.55. The number of hydrogen-bond donors (Lipinski definition) is 1. The first-order chi connectivity index (χ1) is 9.53. The molecule has 0 aliphatic carbocycles. The van der Waals surface area contributed by atoms with Crippen LogP contribution in [0, 0.1) is 5.92 Å². The zero-order valence-electron chi connectivity index (χ0n) is 12.9. The van der Waals surface area contributed by atoms with Gasteiger partial charge in [0.15, 0.2) is 0 Å². The number of amides is 1. The van der Waals surface area contributed by atoms with Crippen LogP contribution in [0.2, 0.25) is 0 Å². The van der Waals surface area contributed by atoms with Crippen molar-refractivity contribution in [2.24, 2.45) is 11.7 Å². The summed E-state index contributed by atoms with van der Waals surface area (Å²) in [6.45, 7) is 10.5. The molecule has 0 saturated carbocycles. The van der Waals surface area contributed by atoms with E-state index in [4.69, 9.17) is 10.5 Å². The highest BCUT2D eigenvalue weighted by molar-refractivity contribution is 5.85. The van der Waals surface area contributed by atoms with Gasteiger partial charge in [0.1, 0.15) is 0 Å². The molecule has 1 atom stereocenters. The fourth-order valence-electron chi connectivity index (χ4n) is 2.98. The van der Waals surface area contributed by atoms with Crippen LogP contribution in [0.15, 0.2) is 0 Å². The third-order valence-corrected chi connectivity index (χ3v) is 4.74. The standard InChI is InChI=1S/C15H29N3O2/c1-3-15(2,16)14(19)18-6-4-13(5-7-18)12-17-8-10-20-11-9-17/h13H,3-12,16H2,1-2H3. The summed E-state index contributed by atoms with van der Waals surface area (Å²) in [7, 11) is 0. The van der Waals surface area contributed by atoms with Crippen LogP contribution in [0.25, 0.3) is 0 Å². The van der Waals surface area contributed by atoms with E-state index in [1.165, 1.54) is 0 Å². The highest BCUT2D eigenvalue weighted by atomic mass is 16.5. The number of morpholine rings is 1. The van der Waals surface area contributed by atoms with E-state index in [1.54, 1.807) is 0 Å². The number of nitrogens with two attached hydrogens (primary N) is 1. The predicted molar refractivity (Wildman–Crippen MR) is 79.4 cm³/mol. The molecule has 0 aromatic carbocycles. The molecule has 2 aliphatic heterocycles. The topological polar surface area (TPSA) is 58.8 Å². The zero-order chi connectivity index (χ0) is 14.6. The lowest BCUT2D eigenvalue weighted by Gasteiger charge is -2.38. The first-order valence-corrected chi connectivity index (χ1v) is 7.91. The maximum atomic E-state index is 12.3. The van der Waals surface area contributed by atoms with Gasteiger partial charge in [0.25, 0.3) is 0 Å². The van der Waals surface area contributed by atoms with Gasteiger partial charge in [0.05, 0.1) is 18.8 Å². The van der Waals surface area contributed by atoms with Gasteiger partial charge in [-0.05, 0) is 32.1 Å². The van der Waals surface area contributed by atoms with Gasteiger partial charge in [-0.2, -0.15) is 0 Å². The van der Waals surface area contributed by atoms with E-state index in [0.717, 1.165) is 58.8 Å². The number of nitrogens with zero attached hydrogens (tertiary/aromatic N) is 2. The summed E-state index contributed by atoms with van der Waals surface area (Å²) in [5.74, 6) is 0.827. The summed E-state index contributed by atoms with van der Waals surface area (Å²) in [5.41, 5.74) is 5.36. The smallest absolute Gasteiger partial charge is 0.242 e. The summed E-state index contributed by atoms with van der Waals surface area (Å²) in [4.78, 5) is 16.8. The molecule has 2 heterocycles. The Hall–Kier alpha value is -0.650. The minimum Gasteiger partial charge on any atom is -0.379 e. The Labute approximate surface area is 122 Å². The summed E-state index contributed by atoms with van der Waals surface area (Å²) in [6, 6.07) is 0. The normalized spacial score (nSPS) is 25.4. The summed E-state index contributed by atoms with van der Waals surface area (Å²) in [6.07, 6.45) is 2.89. The lowest BCUT2D eigenvalue weighted by atomic mass is 9.92. The molecule has 0 aromatic rings. The van der Waals surface area contributed by atoms with E-state index >= 15 is 0 Å². The highest BCUT2D eigenvalue weighted by Crippen LogP contribution is 2.21. The minimum atomic E-state index is -0.697. The summed E-state index contributed by atoms with van der Waals surface area (Å²) >= 11 is 0. The van der Waals surface area contributed by atoms with Gasteiger partial charge in [0, 0.05) is 32.7 Å². The van der Waals surface area contributed by atoms with Gasteiger partial charge < -0.3 is 15.4 Å². The van der Waals surface area contributed by atoms with Crippen LogP contribution < -0.4 is 5.73 Å². The molecule has 116 valence electrons. The summed E-state index contributed by atoms with van der Waals surface area (Å²) in [5, 5.41) is 0. The Balaban J connectivity index is 1.76. The summed E-state index contributed by atoms with van der Waals surface area (Å²) < 4.78 is 5.38. The molecular formula is C15H29N3O2. The van der Waals surface area contributed by atoms with Gasteiger partial charge in [-0.15, -0.1) is 0 Å². The Bertz CT molecular complexity index is 319. The van der Waals surface area contributed by atoms with Gasteiger partial charge in [-0.1, -0.05) is 6.92 Å². The molecule has 2 rings (SSSR count). The van der Waals surface area contributed by atoms with Crippen LogP contribution in [0.1, 0.15) is 33.1 Å². The van der Waals surface area contributed by atoms with Crippen molar-refractivity contribution in [1.29, 1.82) is 0 Å². The molecule has 20 heavy (non-hydrogen) atoms. The second-order valence-corrected chi connectivity index (χ2v) is 6.42. The average molecular weight is 283 g/mol. The second-order valence-electron chi connectivity index (χ2n) is 6.42. The van der Waals surface area contributed by atoms with Gasteiger partial charge in [-0.25, -0.2) is 0 Å². The number of carbonyl (C=O) groups excluding carboxylic acids is 1. The molecule has 2 N–H and O–H groups in total. The van der Waals surface area contributed by atoms with Crippen LogP contribution in [0.4, 0.5) is 0 Å². The van der Waals surface area contributed by atoms with Crippen molar-refractivity contribution in [1.82, 2.24) is 9.80 Å². The first kappa shape index (κ1) is 15.7. The Kier molecular flexibility index (Phi) is 5.41. The molecule has 2 aliphatic rings. The zero-order valence-corrected chi connectivity index (χ0v) is 12.9. The van der Waals surface area contributed by atoms with E-state index < -0.39 is 5.54 Å². The van der Waals surface area contributed by atoms with E-state index in [0.29, 0.717) is 12.3 Å². The van der Waals surface area contributed by atoms with Crippen LogP contribution in [0.3, 0.4) is 0 Å². The third-order valence-electron chi connectivity index (χ3n) is 4.74. The Morgan fingerprint density at radius 1 is 1.25 bits per heavy atom. The van der Waals surface area contributed by atoms with E-state index in [-0.39, 0.29) is 5.91 Å². The number of carbonyl (C=O) groups is 1. The van der Waals surface area contributed by atoms with Crippen molar-refractivity contribution in [2.75, 3.05) is 45.9 Å². The fourth-order valence-corrected chi connectivity index (χ4v) is 2.98. The molecule has 5 heteroatoms. The number of hydrogen-bond acceptors (Lipinski definition) is 4. The van der Waals surface area contributed by atoms with Crippen molar-refractivity contribution in [3.05, 3.63) is 0 Å². The second kappa shape index (κ2) is 6.87. The number of rotatable bonds is 4. The Morgan fingerprint density at radius 2 is 1.85 bits per heavy atom. The van der Waals surface area contributed by atoms with Crippen molar-refractivity contribution >= 4 is 5.91 Å². The molecule has 0 radical (unpaired) electrons. The predicted octanol–water partition coefficient (Wildman–Crippen LogP) is 0.685. The first-order valence-electron chi connectivity index (χ1n) is 7.91. The van der Waals surface area contributed by atoms with Crippen LogP contribution in [-0.2, 0) is 9.53 Å². The maximum absolute atomic E-state index is 12.3. The van der Waals surface area contributed by atoms with Gasteiger partial charge in [0.2, 0.25) is 5.91 Å². The van der Waals surface area contributed by atoms with Gasteiger partial charge in [-0.3, -0.25) is 9.69 Å². The van der Waals surface area contributed by atoms with Gasteiger partial charge >= 0.3 is 0 Å². The lowest BCUT2D eigenvalue weighted by molar-refractivity contribution is -0.138. The largest absolute Gasteiger partial charge is 0.379 e. The monoisotopic (exact) mass is 283 g/mol. The molecule has 2 fully saturated rings. The minimum absolute atomic E-state index is 0.116. The van der Waals surface area contributed by atoms with Crippen molar-refractivity contribution in [3.8, 4) is 0 Å². The number of ether oxygens (including phenoxy) is 1. The molecule has 0 spiro atoms. The van der Waals surface area contributed by atoms with Crippen molar-refractivity contribution < 1.29 is 9.53 Å². The quantitative estimate of drug-likeness (QED) is 0.824. The van der Waals surface area contributed by atoms with E-state index in [2.05, 4.69) is 4.90 Å². The molecule has 1 amide bonds. The van der Waals surface area contributed by atoms with E-state index in [9.17, 15) is 4.79 Å². The maximum Gasteiger partial charge on any atom is 0.242 e. The molecular weight excluding hydrogens is 254 g/mol. The van der Waals surface area contributed by atoms with Crippen molar-refractivity contribution in [2.45, 2.75) is 38.6 Å². The van der Waals surface area contributed by atoms with Crippen molar-refractivity contribution in [3.63, 3.8) is 0 Å². The van der Waals surface area contributed by atoms with Crippen LogP contribution in [0.5, 0.6) is 0 Å². The third kappa shape index (κ3) is 3.93. The fraction of sp³-hybridized carbons (Fsp3) is 0.933. The Morgan fingerprint density at radius 3 is 2.40 bits per heavy atom. The highest BCUT2D eigenvalue weighted by Gasteiger charge is 2.33. The molecule has 5 nitrogen and oxygen atoms in total. The average Bonchev–Trinajstić information content (AvgIpc) is 2.48. The molecule has 2 saturated heterocycles. The number of likely N-dealkylation sites (tertiary alicyclic amines) is 1. The van der Waals surface area contributed by atoms with Crippen LogP contribution >= 0.6 is 0 Å². The number of piperidine rings is 1. The SMILES string of the molecule is CCC(C)(N)C(=O)N1CCC(CN2CCOCC2)CC1.